The molecule has 1 atom stereocenters. The van der Waals surface area contributed by atoms with E-state index in [-0.39, 0.29) is 29.0 Å². The second-order valence-electron chi connectivity index (χ2n) is 9.02. The van der Waals surface area contributed by atoms with Crippen LogP contribution in [0.4, 0.5) is 11.6 Å². The van der Waals surface area contributed by atoms with Crippen molar-refractivity contribution in [3.05, 3.63) is 89.0 Å². The molecule has 0 amide bonds. The Kier molecular flexibility index (Phi) is 6.05. The molecule has 11 heteroatoms. The molecule has 0 bridgehead atoms. The van der Waals surface area contributed by atoms with Crippen LogP contribution in [0.15, 0.2) is 72.0 Å². The summed E-state index contributed by atoms with van der Waals surface area (Å²) in [7, 11) is 1.50. The molecule has 192 valence electrons. The van der Waals surface area contributed by atoms with Crippen LogP contribution < -0.4 is 20.9 Å². The minimum Gasteiger partial charge on any atom is -0.467 e. The summed E-state index contributed by atoms with van der Waals surface area (Å²) in [4.78, 5) is 38.3. The first-order valence-electron chi connectivity index (χ1n) is 12.4. The van der Waals surface area contributed by atoms with Crippen LogP contribution in [-0.2, 0) is 0 Å². The van der Waals surface area contributed by atoms with Crippen LogP contribution in [0.25, 0.3) is 27.7 Å². The fourth-order valence-electron chi connectivity index (χ4n) is 5.10. The Hall–Kier alpha value is -5.37. The third-order valence-electron chi connectivity index (χ3n) is 6.85. The number of ether oxygens (including phenoxy) is 1. The summed E-state index contributed by atoms with van der Waals surface area (Å²) in [5.74, 6) is 1.11. The summed E-state index contributed by atoms with van der Waals surface area (Å²) in [6.07, 6.45) is 6.14. The van der Waals surface area contributed by atoms with E-state index in [2.05, 4.69) is 26.0 Å². The molecule has 39 heavy (non-hydrogen) atoms. The smallest absolute Gasteiger partial charge is 0.316 e. The topological polar surface area (TPSA) is 149 Å². The number of nitriles is 1. The molecule has 1 unspecified atom stereocenters. The van der Waals surface area contributed by atoms with Crippen LogP contribution in [0.2, 0.25) is 0 Å². The van der Waals surface area contributed by atoms with Gasteiger partial charge in [-0.1, -0.05) is 30.3 Å². The molecular weight excluding hydrogens is 494 g/mol. The third kappa shape index (κ3) is 4.08. The van der Waals surface area contributed by atoms with Crippen molar-refractivity contribution in [2.45, 2.75) is 18.9 Å². The van der Waals surface area contributed by atoms with Gasteiger partial charge in [0.1, 0.15) is 29.6 Å². The number of rotatable bonds is 5. The molecule has 1 saturated heterocycles. The molecule has 1 aliphatic rings. The average molecular weight is 518 g/mol. The first-order valence-corrected chi connectivity index (χ1v) is 12.4. The maximum absolute atomic E-state index is 14.4. The fraction of sp³-hybridized carbons (Fsp3) is 0.179. The standard InChI is InChI=1S/C28H23N9O2/c1-39-28-31-14-17(15-32-28)19-9-5-10-21-23(19)27(38)37(18-7-3-2-4-8-18)26(35-21)22-11-6-12-36(22)25-20(13-29)24(30)33-16-34-25/h2-5,7-10,14-16,22H,6,11-12H2,1H3,(H2,30,33,34). The summed E-state index contributed by atoms with van der Waals surface area (Å²) in [6, 6.07) is 17.0. The molecule has 6 rings (SSSR count). The number of nitrogens with two attached hydrogens (primary N) is 1. The van der Waals surface area contributed by atoms with Crippen LogP contribution in [0, 0.1) is 11.3 Å². The Morgan fingerprint density at radius 2 is 1.85 bits per heavy atom. The van der Waals surface area contributed by atoms with Crippen molar-refractivity contribution in [1.29, 1.82) is 5.26 Å². The van der Waals surface area contributed by atoms with E-state index in [9.17, 15) is 10.1 Å². The number of methoxy groups -OCH3 is 1. The predicted molar refractivity (Wildman–Crippen MR) is 145 cm³/mol. The SMILES string of the molecule is COc1ncc(-c2cccc3nc(C4CCCN4c4ncnc(N)c4C#N)n(-c4ccccc4)c(=O)c23)cn1. The lowest BCUT2D eigenvalue weighted by Gasteiger charge is -2.28. The van der Waals surface area contributed by atoms with E-state index in [1.807, 2.05) is 53.4 Å². The van der Waals surface area contributed by atoms with E-state index in [4.69, 9.17) is 15.5 Å². The van der Waals surface area contributed by atoms with Gasteiger partial charge in [-0.15, -0.1) is 0 Å². The van der Waals surface area contributed by atoms with Crippen molar-refractivity contribution in [3.63, 3.8) is 0 Å². The summed E-state index contributed by atoms with van der Waals surface area (Å²) >= 11 is 0. The van der Waals surface area contributed by atoms with Crippen molar-refractivity contribution in [2.24, 2.45) is 0 Å². The minimum atomic E-state index is -0.323. The Morgan fingerprint density at radius 1 is 1.05 bits per heavy atom. The second kappa shape index (κ2) is 9.83. The quantitative estimate of drug-likeness (QED) is 0.367. The van der Waals surface area contributed by atoms with Gasteiger partial charge in [0.25, 0.3) is 5.56 Å². The van der Waals surface area contributed by atoms with Crippen LogP contribution in [0.5, 0.6) is 6.01 Å². The lowest BCUT2D eigenvalue weighted by atomic mass is 10.0. The molecule has 0 aliphatic carbocycles. The molecule has 0 spiro atoms. The summed E-state index contributed by atoms with van der Waals surface area (Å²) in [6.45, 7) is 0.627. The van der Waals surface area contributed by atoms with Gasteiger partial charge in [-0.2, -0.15) is 5.26 Å². The number of nitrogen functional groups attached to an aromatic ring is 1. The monoisotopic (exact) mass is 517 g/mol. The van der Waals surface area contributed by atoms with Gasteiger partial charge in [-0.3, -0.25) is 9.36 Å². The number of benzene rings is 2. The largest absolute Gasteiger partial charge is 0.467 e. The molecule has 0 saturated carbocycles. The van der Waals surface area contributed by atoms with Gasteiger partial charge in [0.05, 0.1) is 29.7 Å². The van der Waals surface area contributed by atoms with Gasteiger partial charge in [-0.25, -0.2) is 24.9 Å². The highest BCUT2D eigenvalue weighted by Gasteiger charge is 2.34. The number of aromatic nitrogens is 6. The van der Waals surface area contributed by atoms with Gasteiger partial charge >= 0.3 is 6.01 Å². The second-order valence-corrected chi connectivity index (χ2v) is 9.02. The normalized spacial score (nSPS) is 14.9. The molecular formula is C28H23N9O2. The van der Waals surface area contributed by atoms with E-state index in [1.54, 1.807) is 17.0 Å². The minimum absolute atomic E-state index is 0.117. The highest BCUT2D eigenvalue weighted by molar-refractivity contribution is 5.94. The van der Waals surface area contributed by atoms with E-state index >= 15 is 0 Å². The fourth-order valence-corrected chi connectivity index (χ4v) is 5.10. The lowest BCUT2D eigenvalue weighted by molar-refractivity contribution is 0.380. The Labute approximate surface area is 223 Å². The van der Waals surface area contributed by atoms with Gasteiger partial charge in [0, 0.05) is 24.5 Å². The van der Waals surface area contributed by atoms with E-state index in [1.165, 1.54) is 13.4 Å². The highest BCUT2D eigenvalue weighted by Crippen LogP contribution is 2.38. The molecule has 2 N–H and O–H groups in total. The zero-order chi connectivity index (χ0) is 26.9. The van der Waals surface area contributed by atoms with Gasteiger partial charge in [0.15, 0.2) is 5.82 Å². The third-order valence-corrected chi connectivity index (χ3v) is 6.85. The Bertz CT molecular complexity index is 1780. The zero-order valence-electron chi connectivity index (χ0n) is 21.0. The average Bonchev–Trinajstić information content (AvgIpc) is 3.47. The molecule has 3 aromatic heterocycles. The summed E-state index contributed by atoms with van der Waals surface area (Å²) < 4.78 is 6.74. The zero-order valence-corrected chi connectivity index (χ0v) is 21.0. The first-order chi connectivity index (χ1) is 19.1. The van der Waals surface area contributed by atoms with Crippen molar-refractivity contribution < 1.29 is 4.74 Å². The van der Waals surface area contributed by atoms with E-state index < -0.39 is 0 Å². The van der Waals surface area contributed by atoms with Crippen molar-refractivity contribution in [2.75, 3.05) is 24.3 Å². The summed E-state index contributed by atoms with van der Waals surface area (Å²) in [5, 5.41) is 10.2. The van der Waals surface area contributed by atoms with Crippen molar-refractivity contribution >= 4 is 22.5 Å². The molecule has 11 nitrogen and oxygen atoms in total. The van der Waals surface area contributed by atoms with E-state index in [0.29, 0.717) is 52.3 Å². The number of hydrogen-bond acceptors (Lipinski definition) is 10. The molecule has 0 radical (unpaired) electrons. The first kappa shape index (κ1) is 24.0. The molecule has 5 aromatic rings. The van der Waals surface area contributed by atoms with Gasteiger partial charge < -0.3 is 15.4 Å². The van der Waals surface area contributed by atoms with Gasteiger partial charge in [-0.05, 0) is 36.6 Å². The van der Waals surface area contributed by atoms with Crippen molar-refractivity contribution in [3.8, 4) is 28.9 Å². The number of para-hydroxylation sites is 1. The molecule has 4 heterocycles. The molecule has 1 fully saturated rings. The maximum atomic E-state index is 14.4. The highest BCUT2D eigenvalue weighted by atomic mass is 16.5. The molecule has 2 aromatic carbocycles. The van der Waals surface area contributed by atoms with Crippen molar-refractivity contribution in [1.82, 2.24) is 29.5 Å². The van der Waals surface area contributed by atoms with Crippen LogP contribution >= 0.6 is 0 Å². The Morgan fingerprint density at radius 3 is 2.59 bits per heavy atom. The maximum Gasteiger partial charge on any atom is 0.316 e. The number of anilines is 2. The predicted octanol–water partition coefficient (Wildman–Crippen LogP) is 3.44. The van der Waals surface area contributed by atoms with Crippen LogP contribution in [0.3, 0.4) is 0 Å². The summed E-state index contributed by atoms with van der Waals surface area (Å²) in [5.41, 5.74) is 8.56. The molecule has 1 aliphatic heterocycles. The number of hydrogen-bond donors (Lipinski definition) is 1. The van der Waals surface area contributed by atoms with Crippen LogP contribution in [-0.4, -0.2) is 43.1 Å². The number of nitrogens with zero attached hydrogens (tertiary/aromatic N) is 8. The lowest BCUT2D eigenvalue weighted by Crippen LogP contribution is -2.32. The van der Waals surface area contributed by atoms with E-state index in [0.717, 1.165) is 6.42 Å². The van der Waals surface area contributed by atoms with Gasteiger partial charge in [0.2, 0.25) is 0 Å². The van der Waals surface area contributed by atoms with Crippen LogP contribution in [0.1, 0.15) is 30.3 Å². The number of fused-ring (bicyclic) bond motifs is 1. The Balaban J connectivity index is 1.60.